The Hall–Kier alpha value is -3.49. The van der Waals surface area contributed by atoms with Crippen LogP contribution in [0.2, 0.25) is 0 Å². The molecule has 1 atom stereocenters. The molecule has 7 nitrogen and oxygen atoms in total. The summed E-state index contributed by atoms with van der Waals surface area (Å²) in [5, 5.41) is 5.32. The first kappa shape index (κ1) is 24.2. The van der Waals surface area contributed by atoms with Crippen LogP contribution in [-0.2, 0) is 9.59 Å². The van der Waals surface area contributed by atoms with Gasteiger partial charge in [0, 0.05) is 24.9 Å². The Labute approximate surface area is 198 Å². The minimum absolute atomic E-state index is 0.0223. The number of ether oxygens (including phenoxy) is 1. The standard InChI is InChI=1S/C25H28N4O3S/c1-18(30)29(21-8-6-5-7-9-21)25-27-20(17-33-25)12-15-24(31)26-16-23(28(2)3)19-10-13-22(32-4)14-11-19/h5-15,17,23H,16H2,1-4H3,(H,26,31)/b15-12+. The summed E-state index contributed by atoms with van der Waals surface area (Å²) in [6.45, 7) is 1.96. The van der Waals surface area contributed by atoms with E-state index in [0.717, 1.165) is 17.0 Å². The SMILES string of the molecule is COc1ccc(C(CNC(=O)/C=C/c2csc(N(C(C)=O)c3ccccc3)n2)N(C)C)cc1. The van der Waals surface area contributed by atoms with Crippen molar-refractivity contribution in [2.24, 2.45) is 0 Å². The summed E-state index contributed by atoms with van der Waals surface area (Å²) in [6.07, 6.45) is 3.11. The van der Waals surface area contributed by atoms with Crippen molar-refractivity contribution in [2.75, 3.05) is 32.6 Å². The molecule has 172 valence electrons. The molecule has 33 heavy (non-hydrogen) atoms. The van der Waals surface area contributed by atoms with Gasteiger partial charge in [-0.1, -0.05) is 30.3 Å². The van der Waals surface area contributed by atoms with E-state index in [-0.39, 0.29) is 17.9 Å². The minimum Gasteiger partial charge on any atom is -0.497 e. The molecule has 1 N–H and O–H groups in total. The van der Waals surface area contributed by atoms with Crippen LogP contribution >= 0.6 is 11.3 Å². The van der Waals surface area contributed by atoms with Crippen LogP contribution in [0.4, 0.5) is 10.8 Å². The number of nitrogens with zero attached hydrogens (tertiary/aromatic N) is 3. The van der Waals surface area contributed by atoms with Gasteiger partial charge in [0.25, 0.3) is 0 Å². The zero-order valence-corrected chi connectivity index (χ0v) is 20.0. The third kappa shape index (κ3) is 6.50. The molecule has 0 fully saturated rings. The molecule has 3 rings (SSSR count). The Kier molecular flexibility index (Phi) is 8.34. The molecule has 0 bridgehead atoms. The van der Waals surface area contributed by atoms with E-state index in [0.29, 0.717) is 17.4 Å². The second-order valence-electron chi connectivity index (χ2n) is 7.58. The van der Waals surface area contributed by atoms with Crippen molar-refractivity contribution in [3.05, 3.63) is 77.3 Å². The van der Waals surface area contributed by atoms with Crippen molar-refractivity contribution in [1.82, 2.24) is 15.2 Å². The molecule has 0 radical (unpaired) electrons. The third-order valence-corrected chi connectivity index (χ3v) is 5.87. The van der Waals surface area contributed by atoms with Crippen LogP contribution in [0.15, 0.2) is 66.1 Å². The Morgan fingerprint density at radius 3 is 2.42 bits per heavy atom. The van der Waals surface area contributed by atoms with Crippen LogP contribution in [0.1, 0.15) is 24.2 Å². The molecule has 0 aliphatic rings. The number of likely N-dealkylation sites (N-methyl/N-ethyl adjacent to an activating group) is 1. The number of aromatic nitrogens is 1. The molecule has 8 heteroatoms. The number of para-hydroxylation sites is 1. The van der Waals surface area contributed by atoms with Crippen molar-refractivity contribution in [3.63, 3.8) is 0 Å². The average molecular weight is 465 g/mol. The van der Waals surface area contributed by atoms with Gasteiger partial charge < -0.3 is 15.0 Å². The molecule has 1 aromatic heterocycles. The maximum atomic E-state index is 12.4. The number of nitrogens with one attached hydrogen (secondary N) is 1. The van der Waals surface area contributed by atoms with E-state index in [1.165, 1.54) is 24.3 Å². The lowest BCUT2D eigenvalue weighted by molar-refractivity contribution is -0.117. The van der Waals surface area contributed by atoms with Crippen molar-refractivity contribution in [2.45, 2.75) is 13.0 Å². The highest BCUT2D eigenvalue weighted by Crippen LogP contribution is 2.29. The number of carbonyl (C=O) groups is 2. The quantitative estimate of drug-likeness (QED) is 0.479. The fourth-order valence-corrected chi connectivity index (χ4v) is 4.16. The first-order valence-electron chi connectivity index (χ1n) is 10.5. The van der Waals surface area contributed by atoms with Crippen LogP contribution in [0.3, 0.4) is 0 Å². The number of hydrogen-bond donors (Lipinski definition) is 1. The number of benzene rings is 2. The van der Waals surface area contributed by atoms with Gasteiger partial charge in [-0.25, -0.2) is 4.98 Å². The highest BCUT2D eigenvalue weighted by molar-refractivity contribution is 7.14. The largest absolute Gasteiger partial charge is 0.497 e. The number of methoxy groups -OCH3 is 1. The monoisotopic (exact) mass is 464 g/mol. The lowest BCUT2D eigenvalue weighted by atomic mass is 10.1. The number of hydrogen-bond acceptors (Lipinski definition) is 6. The number of amides is 2. The first-order valence-corrected chi connectivity index (χ1v) is 11.3. The highest BCUT2D eigenvalue weighted by atomic mass is 32.1. The number of rotatable bonds is 9. The second-order valence-corrected chi connectivity index (χ2v) is 8.41. The summed E-state index contributed by atoms with van der Waals surface area (Å²) in [5.41, 5.74) is 2.45. The Morgan fingerprint density at radius 2 is 1.82 bits per heavy atom. The Bertz CT molecular complexity index is 1090. The maximum Gasteiger partial charge on any atom is 0.244 e. The van der Waals surface area contributed by atoms with E-state index in [9.17, 15) is 9.59 Å². The molecule has 1 unspecified atom stereocenters. The highest BCUT2D eigenvalue weighted by Gasteiger charge is 2.17. The van der Waals surface area contributed by atoms with Gasteiger partial charge in [-0.2, -0.15) is 0 Å². The van der Waals surface area contributed by atoms with Gasteiger partial charge in [0.2, 0.25) is 11.8 Å². The lowest BCUT2D eigenvalue weighted by Crippen LogP contribution is -2.33. The molecule has 0 spiro atoms. The number of carbonyl (C=O) groups excluding carboxylic acids is 2. The van der Waals surface area contributed by atoms with Crippen LogP contribution in [0.5, 0.6) is 5.75 Å². The van der Waals surface area contributed by atoms with Gasteiger partial charge in [-0.15, -0.1) is 11.3 Å². The fraction of sp³-hybridized carbons (Fsp3) is 0.240. The van der Waals surface area contributed by atoms with Gasteiger partial charge in [0.1, 0.15) is 5.75 Å². The van der Waals surface area contributed by atoms with Gasteiger partial charge in [-0.3, -0.25) is 14.5 Å². The summed E-state index contributed by atoms with van der Waals surface area (Å²) in [5.74, 6) is 0.454. The van der Waals surface area contributed by atoms with Crippen molar-refractivity contribution < 1.29 is 14.3 Å². The summed E-state index contributed by atoms with van der Waals surface area (Å²) in [6, 6.07) is 17.2. The molecule has 2 amide bonds. The van der Waals surface area contributed by atoms with Crippen LogP contribution in [-0.4, -0.2) is 49.4 Å². The van der Waals surface area contributed by atoms with E-state index in [2.05, 4.69) is 15.2 Å². The molecule has 0 saturated carbocycles. The van der Waals surface area contributed by atoms with Gasteiger partial charge in [0.15, 0.2) is 5.13 Å². The average Bonchev–Trinajstić information content (AvgIpc) is 3.27. The van der Waals surface area contributed by atoms with Crippen molar-refractivity contribution >= 4 is 40.0 Å². The predicted octanol–water partition coefficient (Wildman–Crippen LogP) is 4.27. The molecule has 2 aromatic carbocycles. The first-order chi connectivity index (χ1) is 15.9. The van der Waals surface area contributed by atoms with Crippen LogP contribution in [0, 0.1) is 0 Å². The molecular weight excluding hydrogens is 436 g/mol. The lowest BCUT2D eigenvalue weighted by Gasteiger charge is -2.25. The van der Waals surface area contributed by atoms with Crippen LogP contribution in [0.25, 0.3) is 6.08 Å². The van der Waals surface area contributed by atoms with Gasteiger partial charge in [0.05, 0.1) is 24.5 Å². The smallest absolute Gasteiger partial charge is 0.244 e. The second kappa shape index (κ2) is 11.4. The van der Waals surface area contributed by atoms with Crippen LogP contribution < -0.4 is 15.0 Å². The zero-order valence-electron chi connectivity index (χ0n) is 19.2. The number of anilines is 2. The third-order valence-electron chi connectivity index (χ3n) is 5.03. The number of thiazole rings is 1. The Balaban J connectivity index is 1.63. The Morgan fingerprint density at radius 1 is 1.12 bits per heavy atom. The van der Waals surface area contributed by atoms with E-state index in [4.69, 9.17) is 4.74 Å². The molecule has 0 aliphatic heterocycles. The summed E-state index contributed by atoms with van der Waals surface area (Å²) in [4.78, 5) is 32.7. The summed E-state index contributed by atoms with van der Waals surface area (Å²) in [7, 11) is 5.58. The van der Waals surface area contributed by atoms with E-state index in [1.807, 2.05) is 74.1 Å². The van der Waals surface area contributed by atoms with E-state index < -0.39 is 0 Å². The molecule has 1 heterocycles. The normalized spacial score (nSPS) is 12.0. The van der Waals surface area contributed by atoms with E-state index >= 15 is 0 Å². The zero-order chi connectivity index (χ0) is 23.8. The fourth-order valence-electron chi connectivity index (χ4n) is 3.30. The van der Waals surface area contributed by atoms with E-state index in [1.54, 1.807) is 18.1 Å². The molecule has 0 aliphatic carbocycles. The molecular formula is C25H28N4O3S. The minimum atomic E-state index is -0.212. The topological polar surface area (TPSA) is 74.8 Å². The predicted molar refractivity (Wildman–Crippen MR) is 133 cm³/mol. The van der Waals surface area contributed by atoms with Crippen molar-refractivity contribution in [3.8, 4) is 5.75 Å². The maximum absolute atomic E-state index is 12.4. The van der Waals surface area contributed by atoms with Crippen molar-refractivity contribution in [1.29, 1.82) is 0 Å². The van der Waals surface area contributed by atoms with Gasteiger partial charge >= 0.3 is 0 Å². The summed E-state index contributed by atoms with van der Waals surface area (Å²) < 4.78 is 5.22. The molecule has 3 aromatic rings. The summed E-state index contributed by atoms with van der Waals surface area (Å²) >= 11 is 1.35. The van der Waals surface area contributed by atoms with Gasteiger partial charge in [-0.05, 0) is 50.0 Å². The molecule has 0 saturated heterocycles.